The molecule has 0 aromatic heterocycles. The van der Waals surface area contributed by atoms with Crippen LogP contribution in [0, 0.1) is 5.82 Å². The first-order chi connectivity index (χ1) is 9.74. The van der Waals surface area contributed by atoms with Crippen molar-refractivity contribution in [3.8, 4) is 0 Å². The van der Waals surface area contributed by atoms with Crippen LogP contribution in [0.2, 0.25) is 0 Å². The van der Waals surface area contributed by atoms with Crippen molar-refractivity contribution in [1.29, 1.82) is 0 Å². The van der Waals surface area contributed by atoms with Gasteiger partial charge >= 0.3 is 0 Å². The summed E-state index contributed by atoms with van der Waals surface area (Å²) in [5, 5.41) is 3.35. The highest BCUT2D eigenvalue weighted by Gasteiger charge is 2.29. The van der Waals surface area contributed by atoms with E-state index in [1.165, 1.54) is 25.7 Å². The molecular weight excluding hydrogens is 251 g/mol. The molecular formula is C17H27FN2. The topological polar surface area (TPSA) is 15.3 Å². The van der Waals surface area contributed by atoms with E-state index in [0.29, 0.717) is 6.04 Å². The van der Waals surface area contributed by atoms with Gasteiger partial charge < -0.3 is 10.2 Å². The Kier molecular flexibility index (Phi) is 5.84. The third-order valence-corrected chi connectivity index (χ3v) is 3.77. The third kappa shape index (κ3) is 4.48. The summed E-state index contributed by atoms with van der Waals surface area (Å²) in [6, 6.07) is 6.13. The van der Waals surface area contributed by atoms with Gasteiger partial charge in [0.05, 0.1) is 0 Å². The van der Waals surface area contributed by atoms with E-state index in [1.807, 2.05) is 0 Å². The lowest BCUT2D eigenvalue weighted by atomic mass is 10.1. The second-order valence-corrected chi connectivity index (χ2v) is 5.77. The maximum Gasteiger partial charge on any atom is 0.125 e. The fourth-order valence-corrected chi connectivity index (χ4v) is 2.55. The maximum absolute atomic E-state index is 13.8. The monoisotopic (exact) mass is 278 g/mol. The van der Waals surface area contributed by atoms with Crippen molar-refractivity contribution >= 4 is 5.69 Å². The smallest absolute Gasteiger partial charge is 0.125 e. The average molecular weight is 278 g/mol. The van der Waals surface area contributed by atoms with E-state index in [1.54, 1.807) is 12.1 Å². The molecule has 0 spiro atoms. The summed E-state index contributed by atoms with van der Waals surface area (Å²) in [5.41, 5.74) is 2.12. The molecule has 0 heterocycles. The van der Waals surface area contributed by atoms with Gasteiger partial charge in [-0.25, -0.2) is 4.39 Å². The van der Waals surface area contributed by atoms with Crippen LogP contribution in [0.5, 0.6) is 0 Å². The van der Waals surface area contributed by atoms with Crippen LogP contribution in [-0.2, 0) is 6.54 Å². The lowest BCUT2D eigenvalue weighted by Gasteiger charge is -2.25. The largest absolute Gasteiger partial charge is 0.368 e. The van der Waals surface area contributed by atoms with Crippen LogP contribution in [0.15, 0.2) is 18.2 Å². The number of benzene rings is 1. The molecule has 0 unspecified atom stereocenters. The molecule has 1 fully saturated rings. The van der Waals surface area contributed by atoms with Crippen molar-refractivity contribution in [2.75, 3.05) is 18.0 Å². The van der Waals surface area contributed by atoms with Gasteiger partial charge in [-0.1, -0.05) is 20.3 Å². The van der Waals surface area contributed by atoms with Crippen LogP contribution < -0.4 is 10.2 Å². The van der Waals surface area contributed by atoms with E-state index in [9.17, 15) is 4.39 Å². The number of halogens is 1. The molecule has 0 radical (unpaired) electrons. The minimum atomic E-state index is -0.113. The molecule has 0 atom stereocenters. The van der Waals surface area contributed by atoms with Crippen molar-refractivity contribution < 1.29 is 4.39 Å². The normalized spacial score (nSPS) is 14.6. The summed E-state index contributed by atoms with van der Waals surface area (Å²) < 4.78 is 13.8. The van der Waals surface area contributed by atoms with Crippen molar-refractivity contribution in [3.63, 3.8) is 0 Å². The molecule has 3 heteroatoms. The van der Waals surface area contributed by atoms with Crippen LogP contribution in [-0.4, -0.2) is 19.1 Å². The second-order valence-electron chi connectivity index (χ2n) is 5.77. The number of rotatable bonds is 9. The molecule has 1 aliphatic rings. The predicted octanol–water partition coefficient (Wildman–Crippen LogP) is 4.09. The first kappa shape index (κ1) is 15.3. The maximum atomic E-state index is 13.8. The zero-order valence-corrected chi connectivity index (χ0v) is 12.8. The minimum Gasteiger partial charge on any atom is -0.368 e. The van der Waals surface area contributed by atoms with Crippen LogP contribution in [0.3, 0.4) is 0 Å². The zero-order chi connectivity index (χ0) is 14.4. The molecule has 1 saturated carbocycles. The van der Waals surface area contributed by atoms with Gasteiger partial charge in [0.15, 0.2) is 0 Å². The predicted molar refractivity (Wildman–Crippen MR) is 83.7 cm³/mol. The van der Waals surface area contributed by atoms with E-state index in [-0.39, 0.29) is 5.82 Å². The number of hydrogen-bond donors (Lipinski definition) is 1. The molecule has 1 aromatic rings. The van der Waals surface area contributed by atoms with E-state index in [4.69, 9.17) is 0 Å². The van der Waals surface area contributed by atoms with Crippen LogP contribution >= 0.6 is 0 Å². The van der Waals surface area contributed by atoms with Crippen molar-refractivity contribution in [2.45, 2.75) is 58.5 Å². The molecule has 0 bridgehead atoms. The van der Waals surface area contributed by atoms with E-state index < -0.39 is 0 Å². The van der Waals surface area contributed by atoms with Gasteiger partial charge in [-0.15, -0.1) is 0 Å². The Morgan fingerprint density at radius 1 is 1.20 bits per heavy atom. The van der Waals surface area contributed by atoms with E-state index in [2.05, 4.69) is 30.1 Å². The Morgan fingerprint density at radius 3 is 2.65 bits per heavy atom. The molecule has 0 aliphatic heterocycles. The molecule has 112 valence electrons. The summed E-state index contributed by atoms with van der Waals surface area (Å²) in [6.45, 7) is 7.13. The number of hydrogen-bond acceptors (Lipinski definition) is 2. The average Bonchev–Trinajstić information content (AvgIpc) is 3.24. The third-order valence-electron chi connectivity index (χ3n) is 3.77. The lowest BCUT2D eigenvalue weighted by Crippen LogP contribution is -2.27. The van der Waals surface area contributed by atoms with Gasteiger partial charge in [-0.2, -0.15) is 0 Å². The Balaban J connectivity index is 2.07. The van der Waals surface area contributed by atoms with Gasteiger partial charge in [0.25, 0.3) is 0 Å². The molecule has 2 nitrogen and oxygen atoms in total. The molecule has 2 rings (SSSR count). The summed E-state index contributed by atoms with van der Waals surface area (Å²) in [5.74, 6) is -0.113. The van der Waals surface area contributed by atoms with Gasteiger partial charge in [-0.05, 0) is 56.0 Å². The van der Waals surface area contributed by atoms with E-state index in [0.717, 1.165) is 37.3 Å². The SMILES string of the molecule is CCCCN(c1cc(F)cc(CNCCC)c1)C1CC1. The van der Waals surface area contributed by atoms with Gasteiger partial charge in [0.1, 0.15) is 5.82 Å². The number of anilines is 1. The molecule has 0 amide bonds. The van der Waals surface area contributed by atoms with Gasteiger partial charge in [-0.3, -0.25) is 0 Å². The fourth-order valence-electron chi connectivity index (χ4n) is 2.55. The van der Waals surface area contributed by atoms with E-state index >= 15 is 0 Å². The summed E-state index contributed by atoms with van der Waals surface area (Å²) in [4.78, 5) is 2.40. The number of nitrogens with one attached hydrogen (secondary N) is 1. The lowest BCUT2D eigenvalue weighted by molar-refractivity contribution is 0.616. The number of unbranched alkanes of at least 4 members (excludes halogenated alkanes) is 1. The Labute approximate surface area is 122 Å². The number of nitrogens with zero attached hydrogens (tertiary/aromatic N) is 1. The van der Waals surface area contributed by atoms with Crippen molar-refractivity contribution in [3.05, 3.63) is 29.6 Å². The molecule has 1 aromatic carbocycles. The first-order valence-electron chi connectivity index (χ1n) is 8.01. The molecule has 0 saturated heterocycles. The highest BCUT2D eigenvalue weighted by Crippen LogP contribution is 2.32. The summed E-state index contributed by atoms with van der Waals surface area (Å²) in [7, 11) is 0. The summed E-state index contributed by atoms with van der Waals surface area (Å²) in [6.07, 6.45) is 5.97. The highest BCUT2D eigenvalue weighted by atomic mass is 19.1. The van der Waals surface area contributed by atoms with Crippen LogP contribution in [0.1, 0.15) is 51.5 Å². The molecule has 1 N–H and O–H groups in total. The fraction of sp³-hybridized carbons (Fsp3) is 0.647. The Morgan fingerprint density at radius 2 is 2.00 bits per heavy atom. The highest BCUT2D eigenvalue weighted by molar-refractivity contribution is 5.51. The standard InChI is InChI=1S/C17H27FN2/c1-3-5-9-20(16-6-7-16)17-11-14(10-15(18)12-17)13-19-8-4-2/h10-12,16,19H,3-9,13H2,1-2H3. The Bertz CT molecular complexity index is 415. The van der Waals surface area contributed by atoms with Crippen molar-refractivity contribution in [1.82, 2.24) is 5.32 Å². The minimum absolute atomic E-state index is 0.113. The Hall–Kier alpha value is -1.09. The van der Waals surface area contributed by atoms with Crippen molar-refractivity contribution in [2.24, 2.45) is 0 Å². The summed E-state index contributed by atoms with van der Waals surface area (Å²) >= 11 is 0. The first-order valence-corrected chi connectivity index (χ1v) is 8.01. The zero-order valence-electron chi connectivity index (χ0n) is 12.8. The van der Waals surface area contributed by atoms with Crippen LogP contribution in [0.4, 0.5) is 10.1 Å². The molecule has 1 aliphatic carbocycles. The second kappa shape index (κ2) is 7.63. The van der Waals surface area contributed by atoms with Gasteiger partial charge in [0.2, 0.25) is 0 Å². The van der Waals surface area contributed by atoms with Crippen LogP contribution in [0.25, 0.3) is 0 Å². The molecule has 20 heavy (non-hydrogen) atoms. The van der Waals surface area contributed by atoms with Gasteiger partial charge in [0, 0.05) is 24.8 Å². The quantitative estimate of drug-likeness (QED) is 0.684.